The van der Waals surface area contributed by atoms with Gasteiger partial charge < -0.3 is 23.4 Å². The lowest BCUT2D eigenvalue weighted by atomic mass is 9.87. The van der Waals surface area contributed by atoms with Crippen molar-refractivity contribution in [1.82, 2.24) is 0 Å². The average molecular weight is 869 g/mol. The lowest BCUT2D eigenvalue weighted by Crippen LogP contribution is -2.14. The van der Waals surface area contributed by atoms with E-state index in [1.807, 2.05) is 18.2 Å². The van der Waals surface area contributed by atoms with E-state index in [1.165, 1.54) is 16.5 Å². The summed E-state index contributed by atoms with van der Waals surface area (Å²) in [6.45, 7) is 13.5. The minimum absolute atomic E-state index is 0.00823. The van der Waals surface area contributed by atoms with Crippen molar-refractivity contribution in [2.75, 3.05) is 9.80 Å². The molecule has 0 saturated carbocycles. The molecule has 0 fully saturated rings. The van der Waals surface area contributed by atoms with Gasteiger partial charge in [0.2, 0.25) is 0 Å². The molecular formula is C62H48N2O3. The first-order valence-electron chi connectivity index (χ1n) is 23.2. The minimum Gasteiger partial charge on any atom is -0.456 e. The van der Waals surface area contributed by atoms with Crippen LogP contribution in [0.4, 0.5) is 34.1 Å². The van der Waals surface area contributed by atoms with Crippen LogP contribution in [0.25, 0.3) is 76.2 Å². The third-order valence-electron chi connectivity index (χ3n) is 13.9. The highest BCUT2D eigenvalue weighted by molar-refractivity contribution is 6.28. The topological polar surface area (TPSA) is 42.0 Å². The number of fused-ring (bicyclic) bond motifs is 6. The van der Waals surface area contributed by atoms with Gasteiger partial charge in [-0.3, -0.25) is 0 Å². The number of furan rings is 2. The summed E-state index contributed by atoms with van der Waals surface area (Å²) in [4.78, 5) is 4.70. The molecular weight excluding hydrogens is 821 g/mol. The molecule has 1 aliphatic rings. The normalized spacial score (nSPS) is 12.7. The first-order chi connectivity index (χ1) is 32.5. The van der Waals surface area contributed by atoms with Gasteiger partial charge in [-0.25, -0.2) is 0 Å². The lowest BCUT2D eigenvalue weighted by Gasteiger charge is -2.31. The first kappa shape index (κ1) is 39.4. The van der Waals surface area contributed by atoms with Crippen LogP contribution >= 0.6 is 0 Å². The van der Waals surface area contributed by atoms with E-state index in [1.54, 1.807) is 0 Å². The molecule has 5 nitrogen and oxygen atoms in total. The smallest absolute Gasteiger partial charge is 0.159 e. The van der Waals surface area contributed by atoms with Crippen LogP contribution in [0.3, 0.4) is 0 Å². The second kappa shape index (κ2) is 14.2. The highest BCUT2D eigenvalue weighted by atomic mass is 16.5. The standard InChI is InChI=1S/C62H48N2O3/c1-61(2,3)39-26-30-41(31-27-39)63(49-19-11-16-46-44-14-7-9-21-52(44)66-59(46)49)43-34-37-24-25-38-35-51(48-18-13-23-54-58(48)57(38)56(37)55(36-43)65-54)64(42-32-28-40(29-33-42)62(4,5)6)50-20-12-17-47-45-15-8-10-22-53(45)67-60(47)50/h7-36H,1-6H3. The van der Waals surface area contributed by atoms with E-state index in [0.29, 0.717) is 0 Å². The average Bonchev–Trinajstić information content (AvgIpc) is 3.91. The number of hydrogen-bond donors (Lipinski definition) is 0. The molecule has 0 N–H and O–H groups in total. The van der Waals surface area contributed by atoms with Gasteiger partial charge in [-0.05, 0) is 99.5 Å². The summed E-state index contributed by atoms with van der Waals surface area (Å²) < 4.78 is 20.6. The second-order valence-corrected chi connectivity index (χ2v) is 20.2. The van der Waals surface area contributed by atoms with Crippen molar-refractivity contribution in [3.05, 3.63) is 193 Å². The largest absolute Gasteiger partial charge is 0.456 e. The highest BCUT2D eigenvalue weighted by Gasteiger charge is 2.29. The SMILES string of the molecule is CC(C)(C)c1ccc(N(c2cc3c4c(ccc5cc(N(c6ccc(C(C)(C)C)cc6)c6cccc7c6oc6ccccc67)c6cccc(c6c54)O3)c2)c2cccc3c2oc2ccccc23)cc1. The van der Waals surface area contributed by atoms with E-state index in [4.69, 9.17) is 13.6 Å². The maximum absolute atomic E-state index is 7.17. The second-order valence-electron chi connectivity index (χ2n) is 20.2. The van der Waals surface area contributed by atoms with Gasteiger partial charge in [-0.1, -0.05) is 151 Å². The van der Waals surface area contributed by atoms with Crippen LogP contribution in [0.15, 0.2) is 191 Å². The van der Waals surface area contributed by atoms with Crippen LogP contribution in [0, 0.1) is 0 Å². The summed E-state index contributed by atoms with van der Waals surface area (Å²) >= 11 is 0. The van der Waals surface area contributed by atoms with Crippen LogP contribution in [0.1, 0.15) is 52.7 Å². The third-order valence-corrected chi connectivity index (χ3v) is 13.9. The molecule has 67 heavy (non-hydrogen) atoms. The number of anilines is 6. The fourth-order valence-electron chi connectivity index (χ4n) is 10.5. The van der Waals surface area contributed by atoms with Crippen molar-refractivity contribution >= 4 is 110 Å². The van der Waals surface area contributed by atoms with Crippen LogP contribution in [0.2, 0.25) is 0 Å². The van der Waals surface area contributed by atoms with Crippen molar-refractivity contribution < 1.29 is 13.6 Å². The summed E-state index contributed by atoms with van der Waals surface area (Å²) in [5.74, 6) is 1.65. The van der Waals surface area contributed by atoms with Crippen molar-refractivity contribution in [1.29, 1.82) is 0 Å². The van der Waals surface area contributed by atoms with Crippen molar-refractivity contribution in [3.63, 3.8) is 0 Å². The Morgan fingerprint density at radius 2 is 0.836 bits per heavy atom. The van der Waals surface area contributed by atoms with Crippen LogP contribution < -0.4 is 14.5 Å². The van der Waals surface area contributed by atoms with Gasteiger partial charge in [-0.15, -0.1) is 0 Å². The van der Waals surface area contributed by atoms with Gasteiger partial charge in [-0.2, -0.15) is 0 Å². The predicted molar refractivity (Wildman–Crippen MR) is 280 cm³/mol. The predicted octanol–water partition coefficient (Wildman–Crippen LogP) is 18.6. The quantitative estimate of drug-likeness (QED) is 0.156. The maximum Gasteiger partial charge on any atom is 0.159 e. The molecule has 0 saturated heterocycles. The molecule has 0 aliphatic carbocycles. The molecule has 5 heteroatoms. The molecule has 0 radical (unpaired) electrons. The van der Waals surface area contributed by atoms with E-state index < -0.39 is 0 Å². The zero-order valence-electron chi connectivity index (χ0n) is 38.4. The summed E-state index contributed by atoms with van der Waals surface area (Å²) in [7, 11) is 0. The van der Waals surface area contributed by atoms with Crippen molar-refractivity contribution in [3.8, 4) is 11.5 Å². The summed E-state index contributed by atoms with van der Waals surface area (Å²) in [6.07, 6.45) is 0. The Morgan fingerprint density at radius 3 is 1.42 bits per heavy atom. The lowest BCUT2D eigenvalue weighted by molar-refractivity contribution is 0.493. The van der Waals surface area contributed by atoms with Crippen LogP contribution in [-0.2, 0) is 10.8 Å². The molecule has 0 spiro atoms. The zero-order valence-corrected chi connectivity index (χ0v) is 38.4. The highest BCUT2D eigenvalue weighted by Crippen LogP contribution is 2.54. The van der Waals surface area contributed by atoms with Crippen molar-refractivity contribution in [2.24, 2.45) is 0 Å². The van der Waals surface area contributed by atoms with E-state index in [0.717, 1.165) is 116 Å². The summed E-state index contributed by atoms with van der Waals surface area (Å²) in [5.41, 5.74) is 12.0. The molecule has 324 valence electrons. The number of nitrogens with zero attached hydrogens (tertiary/aromatic N) is 2. The molecule has 0 atom stereocenters. The molecule has 0 bridgehead atoms. The fourth-order valence-corrected chi connectivity index (χ4v) is 10.5. The Kier molecular flexibility index (Phi) is 8.36. The molecule has 0 amide bonds. The van der Waals surface area contributed by atoms with E-state index in [9.17, 15) is 0 Å². The Balaban J connectivity index is 1.04. The van der Waals surface area contributed by atoms with Gasteiger partial charge in [0.1, 0.15) is 22.7 Å². The molecule has 12 aromatic rings. The van der Waals surface area contributed by atoms with Gasteiger partial charge in [0.25, 0.3) is 0 Å². The number of rotatable bonds is 6. The van der Waals surface area contributed by atoms with Gasteiger partial charge in [0, 0.05) is 60.5 Å². The monoisotopic (exact) mass is 868 g/mol. The van der Waals surface area contributed by atoms with Gasteiger partial charge in [0.05, 0.1) is 22.7 Å². The number of benzene rings is 10. The molecule has 13 rings (SSSR count). The minimum atomic E-state index is 0.00823. The summed E-state index contributed by atoms with van der Waals surface area (Å²) in [6, 6.07) is 65.4. The Hall–Kier alpha value is -8.02. The number of ether oxygens (including phenoxy) is 1. The van der Waals surface area contributed by atoms with E-state index in [-0.39, 0.29) is 10.8 Å². The molecule has 0 unspecified atom stereocenters. The maximum atomic E-state index is 7.17. The molecule has 2 aromatic heterocycles. The first-order valence-corrected chi connectivity index (χ1v) is 23.2. The van der Waals surface area contributed by atoms with Gasteiger partial charge >= 0.3 is 0 Å². The number of para-hydroxylation sites is 4. The van der Waals surface area contributed by atoms with E-state index >= 15 is 0 Å². The van der Waals surface area contributed by atoms with Crippen LogP contribution in [-0.4, -0.2) is 0 Å². The van der Waals surface area contributed by atoms with Gasteiger partial charge in [0.15, 0.2) is 11.2 Å². The third kappa shape index (κ3) is 6.07. The Labute approximate surface area is 389 Å². The Bertz CT molecular complexity index is 3970. The Morgan fingerprint density at radius 1 is 0.343 bits per heavy atom. The molecule has 3 heterocycles. The summed E-state index contributed by atoms with van der Waals surface area (Å²) in [5, 5.41) is 11.1. The molecule has 10 aromatic carbocycles. The zero-order chi connectivity index (χ0) is 45.3. The van der Waals surface area contributed by atoms with Crippen molar-refractivity contribution in [2.45, 2.75) is 52.4 Å². The fraction of sp³-hybridized carbons (Fsp3) is 0.129. The number of hydrogen-bond acceptors (Lipinski definition) is 5. The van der Waals surface area contributed by atoms with E-state index in [2.05, 4.69) is 215 Å². The molecule has 1 aliphatic heterocycles. The van der Waals surface area contributed by atoms with Crippen LogP contribution in [0.5, 0.6) is 11.5 Å².